The van der Waals surface area contributed by atoms with Crippen molar-refractivity contribution in [2.24, 2.45) is 0 Å². The molecule has 0 aliphatic carbocycles. The van der Waals surface area contributed by atoms with Crippen molar-refractivity contribution in [2.45, 2.75) is 50.3 Å². The van der Waals surface area contributed by atoms with Gasteiger partial charge in [0, 0.05) is 13.1 Å². The van der Waals surface area contributed by atoms with Gasteiger partial charge in [0.15, 0.2) is 0 Å². The van der Waals surface area contributed by atoms with Gasteiger partial charge in [-0.15, -0.1) is 0 Å². The minimum atomic E-state index is -5.71. The fraction of sp³-hybridized carbons (Fsp3) is 0.786. The van der Waals surface area contributed by atoms with Crippen LogP contribution < -0.4 is 0 Å². The van der Waals surface area contributed by atoms with E-state index in [1.165, 1.54) is 11.0 Å². The van der Waals surface area contributed by atoms with Crippen molar-refractivity contribution >= 4 is 16.2 Å². The van der Waals surface area contributed by atoms with Crippen molar-refractivity contribution in [3.63, 3.8) is 0 Å². The summed E-state index contributed by atoms with van der Waals surface area (Å²) in [5, 5.41) is 0. The molecule has 1 spiro atoms. The maximum atomic E-state index is 12.4. The van der Waals surface area contributed by atoms with E-state index in [2.05, 4.69) is 4.18 Å². The van der Waals surface area contributed by atoms with Crippen molar-refractivity contribution in [1.82, 2.24) is 4.90 Å². The zero-order valence-corrected chi connectivity index (χ0v) is 14.9. The molecule has 0 aromatic heterocycles. The number of hydrogen-bond acceptors (Lipinski definition) is 6. The third-order valence-electron chi connectivity index (χ3n) is 3.69. The third kappa shape index (κ3) is 4.78. The summed E-state index contributed by atoms with van der Waals surface area (Å²) in [5.74, 6) is -0.400. The lowest BCUT2D eigenvalue weighted by molar-refractivity contribution is -0.0535. The van der Waals surface area contributed by atoms with E-state index in [0.29, 0.717) is 12.8 Å². The summed E-state index contributed by atoms with van der Waals surface area (Å²) in [7, 11) is -5.71. The van der Waals surface area contributed by atoms with E-state index < -0.39 is 38.7 Å². The Bertz CT molecular complexity index is 657. The minimum absolute atomic E-state index is 0.269. The van der Waals surface area contributed by atoms with E-state index >= 15 is 0 Å². The van der Waals surface area contributed by atoms with Gasteiger partial charge in [-0.25, -0.2) is 4.79 Å². The SMILES string of the molecule is CC(C)(C)OC(=O)N1CCC2(C=C(OS(=O)(=O)C(F)(F)F)CO2)CC1. The summed E-state index contributed by atoms with van der Waals surface area (Å²) in [6.45, 7) is 5.38. The largest absolute Gasteiger partial charge is 0.534 e. The van der Waals surface area contributed by atoms with E-state index in [0.717, 1.165) is 0 Å². The molecule has 2 heterocycles. The molecule has 144 valence electrons. The van der Waals surface area contributed by atoms with Crippen LogP contribution in [0, 0.1) is 0 Å². The number of carbonyl (C=O) groups excluding carboxylic acids is 1. The molecule has 1 amide bonds. The predicted molar refractivity (Wildman–Crippen MR) is 79.9 cm³/mol. The average Bonchev–Trinajstić information content (AvgIpc) is 2.78. The van der Waals surface area contributed by atoms with Crippen LogP contribution in [0.1, 0.15) is 33.6 Å². The molecular formula is C14H20F3NO6S. The molecule has 0 radical (unpaired) electrons. The number of ether oxygens (including phenoxy) is 2. The van der Waals surface area contributed by atoms with E-state index in [4.69, 9.17) is 9.47 Å². The molecule has 2 aliphatic rings. The molecule has 0 unspecified atom stereocenters. The number of hydrogen-bond donors (Lipinski definition) is 0. The number of piperidine rings is 1. The average molecular weight is 387 g/mol. The first-order valence-corrected chi connectivity index (χ1v) is 8.98. The second-order valence-electron chi connectivity index (χ2n) is 6.91. The van der Waals surface area contributed by atoms with Crippen molar-refractivity contribution in [1.29, 1.82) is 0 Å². The molecule has 0 N–H and O–H groups in total. The highest BCUT2D eigenvalue weighted by molar-refractivity contribution is 7.87. The lowest BCUT2D eigenvalue weighted by atomic mass is 9.92. The number of likely N-dealkylation sites (tertiary alicyclic amines) is 1. The molecule has 2 aliphatic heterocycles. The van der Waals surface area contributed by atoms with Crippen molar-refractivity contribution in [3.05, 3.63) is 11.8 Å². The van der Waals surface area contributed by atoms with Crippen molar-refractivity contribution in [3.8, 4) is 0 Å². The summed E-state index contributed by atoms with van der Waals surface area (Å²) in [4.78, 5) is 13.5. The molecule has 0 saturated carbocycles. The molecular weight excluding hydrogens is 367 g/mol. The van der Waals surface area contributed by atoms with Gasteiger partial charge >= 0.3 is 21.7 Å². The number of nitrogens with zero attached hydrogens (tertiary/aromatic N) is 1. The molecule has 25 heavy (non-hydrogen) atoms. The highest BCUT2D eigenvalue weighted by Crippen LogP contribution is 2.36. The van der Waals surface area contributed by atoms with Crippen molar-refractivity contribution < 1.29 is 40.0 Å². The second kappa shape index (κ2) is 6.35. The van der Waals surface area contributed by atoms with Crippen LogP contribution in [0.15, 0.2) is 11.8 Å². The lowest BCUT2D eigenvalue weighted by Gasteiger charge is -2.37. The Morgan fingerprint density at radius 1 is 1.24 bits per heavy atom. The van der Waals surface area contributed by atoms with Gasteiger partial charge in [-0.2, -0.15) is 21.6 Å². The first-order chi connectivity index (χ1) is 11.2. The van der Waals surface area contributed by atoms with Crippen LogP contribution in [0.4, 0.5) is 18.0 Å². The second-order valence-corrected chi connectivity index (χ2v) is 8.45. The van der Waals surface area contributed by atoms with Gasteiger partial charge in [0.25, 0.3) is 0 Å². The molecule has 2 rings (SSSR count). The van der Waals surface area contributed by atoms with Gasteiger partial charge in [0.1, 0.15) is 18.0 Å². The van der Waals surface area contributed by atoms with Crippen molar-refractivity contribution in [2.75, 3.05) is 19.7 Å². The van der Waals surface area contributed by atoms with Gasteiger partial charge in [-0.1, -0.05) is 0 Å². The van der Waals surface area contributed by atoms with Gasteiger partial charge in [-0.3, -0.25) is 0 Å². The summed E-state index contributed by atoms with van der Waals surface area (Å²) in [5.41, 5.74) is -7.07. The molecule has 7 nitrogen and oxygen atoms in total. The summed E-state index contributed by atoms with van der Waals surface area (Å²) in [6.07, 6.45) is 1.36. The Labute approximate surface area is 143 Å². The van der Waals surface area contributed by atoms with Crippen LogP contribution in [0.25, 0.3) is 0 Å². The third-order valence-corrected chi connectivity index (χ3v) is 4.69. The van der Waals surface area contributed by atoms with Crippen LogP contribution >= 0.6 is 0 Å². The first-order valence-electron chi connectivity index (χ1n) is 7.57. The number of halogens is 3. The molecule has 1 saturated heterocycles. The molecule has 0 aromatic rings. The van der Waals surface area contributed by atoms with Gasteiger partial charge < -0.3 is 18.6 Å². The maximum Gasteiger partial charge on any atom is 0.534 e. The van der Waals surface area contributed by atoms with E-state index in [1.54, 1.807) is 20.8 Å². The molecule has 11 heteroatoms. The standard InChI is InChI=1S/C14H20F3NO6S/c1-12(2,3)23-11(19)18-6-4-13(5-7-18)8-10(9-22-13)24-25(20,21)14(15,16)17/h8H,4-7,9H2,1-3H3. The quantitative estimate of drug-likeness (QED) is 0.535. The Morgan fingerprint density at radius 3 is 2.28 bits per heavy atom. The van der Waals surface area contributed by atoms with E-state index in [9.17, 15) is 26.4 Å². The van der Waals surface area contributed by atoms with Gasteiger partial charge in [-0.05, 0) is 39.7 Å². The molecule has 0 aromatic carbocycles. The van der Waals surface area contributed by atoms with Crippen LogP contribution in [-0.4, -0.2) is 55.8 Å². The zero-order valence-electron chi connectivity index (χ0n) is 14.1. The summed E-state index contributed by atoms with van der Waals surface area (Å²) < 4.78 is 74.0. The number of alkyl halides is 3. The van der Waals surface area contributed by atoms with E-state index in [1.807, 2.05) is 0 Å². The van der Waals surface area contributed by atoms with Crippen LogP contribution in [0.3, 0.4) is 0 Å². The van der Waals surface area contributed by atoms with Crippen LogP contribution in [0.5, 0.6) is 0 Å². The first kappa shape index (κ1) is 19.8. The van der Waals surface area contributed by atoms with Crippen LogP contribution in [0.2, 0.25) is 0 Å². The van der Waals surface area contributed by atoms with Gasteiger partial charge in [0.2, 0.25) is 0 Å². The van der Waals surface area contributed by atoms with E-state index in [-0.39, 0.29) is 19.7 Å². The van der Waals surface area contributed by atoms with Crippen LogP contribution in [-0.2, 0) is 23.8 Å². The summed E-state index contributed by atoms with van der Waals surface area (Å²) in [6, 6.07) is 0. The zero-order chi connectivity index (χ0) is 19.1. The monoisotopic (exact) mass is 387 g/mol. The minimum Gasteiger partial charge on any atom is -0.444 e. The Morgan fingerprint density at radius 2 is 1.80 bits per heavy atom. The molecule has 0 bridgehead atoms. The predicted octanol–water partition coefficient (Wildman–Crippen LogP) is 2.54. The topological polar surface area (TPSA) is 82.1 Å². The maximum absolute atomic E-state index is 12.4. The molecule has 1 fully saturated rings. The Balaban J connectivity index is 1.98. The smallest absolute Gasteiger partial charge is 0.444 e. The highest BCUT2D eigenvalue weighted by atomic mass is 32.2. The normalized spacial score (nSPS) is 21.2. The fourth-order valence-corrected chi connectivity index (χ4v) is 2.98. The fourth-order valence-electron chi connectivity index (χ4n) is 2.51. The number of rotatable bonds is 2. The van der Waals surface area contributed by atoms with Gasteiger partial charge in [0.05, 0.1) is 5.60 Å². The highest BCUT2D eigenvalue weighted by Gasteiger charge is 2.50. The lowest BCUT2D eigenvalue weighted by Crippen LogP contribution is -2.47. The summed E-state index contributed by atoms with van der Waals surface area (Å²) >= 11 is 0. The Hall–Kier alpha value is -1.49. The number of carbonyl (C=O) groups is 1. The molecule has 0 atom stereocenters. The number of amides is 1. The Kier molecular flexibility index (Phi) is 5.03.